The topological polar surface area (TPSA) is 35.8 Å². The maximum atomic E-state index is 7.43. The summed E-state index contributed by atoms with van der Waals surface area (Å²) < 4.78 is 0. The minimum Gasteiger partial charge on any atom is -0.317 e. The van der Waals surface area contributed by atoms with Crippen molar-refractivity contribution in [1.29, 1.82) is 5.26 Å². The maximum Gasteiger partial charge on any atom is 1.00 e. The van der Waals surface area contributed by atoms with Crippen LogP contribution in [0.3, 0.4) is 0 Å². The standard InChI is InChI=1S/C7H15N.CH3BN.Na/c1-8-7-5-3-2-4-6-7;2-1-3;/h7-8H,2-6H2,1H3;2H3;/q;-1;+1. The molecule has 0 aliphatic heterocycles. The van der Waals surface area contributed by atoms with Crippen LogP contribution in [0.2, 0.25) is 0 Å². The largest absolute Gasteiger partial charge is 1.00 e. The number of nitrogens with zero attached hydrogens (tertiary/aromatic N) is 1. The fourth-order valence-electron chi connectivity index (χ4n) is 1.39. The Morgan fingerprint density at radius 1 is 1.33 bits per heavy atom. The van der Waals surface area contributed by atoms with E-state index in [0.717, 1.165) is 6.04 Å². The minimum absolute atomic E-state index is 0. The monoisotopic (exact) mass is 176 g/mol. The first-order valence-corrected chi connectivity index (χ1v) is 3.83. The molecule has 1 aliphatic rings. The second-order valence-corrected chi connectivity index (χ2v) is 2.62. The van der Waals surface area contributed by atoms with Crippen LogP contribution in [0.15, 0.2) is 0 Å². The van der Waals surface area contributed by atoms with E-state index in [1.165, 1.54) is 32.1 Å². The molecule has 0 bridgehead atoms. The van der Waals surface area contributed by atoms with Crippen LogP contribution in [0.1, 0.15) is 32.1 Å². The molecule has 1 aliphatic carbocycles. The summed E-state index contributed by atoms with van der Waals surface area (Å²) in [4.78, 5) is 0. The summed E-state index contributed by atoms with van der Waals surface area (Å²) >= 11 is 0. The first kappa shape index (κ1) is 15.0. The molecule has 0 atom stereocenters. The average molecular weight is 176 g/mol. The molecule has 0 aromatic rings. The van der Waals surface area contributed by atoms with Gasteiger partial charge in [0.05, 0.1) is 7.85 Å². The van der Waals surface area contributed by atoms with Gasteiger partial charge in [-0.25, -0.2) is 0 Å². The summed E-state index contributed by atoms with van der Waals surface area (Å²) in [5.74, 6) is 2.00. The molecule has 1 rings (SSSR count). The minimum atomic E-state index is 0. The van der Waals surface area contributed by atoms with Crippen molar-refractivity contribution in [2.24, 2.45) is 0 Å². The Morgan fingerprint density at radius 3 is 2.00 bits per heavy atom. The summed E-state index contributed by atoms with van der Waals surface area (Å²) in [6.07, 6.45) is 7.13. The summed E-state index contributed by atoms with van der Waals surface area (Å²) in [5, 5.41) is 10.7. The van der Waals surface area contributed by atoms with Crippen molar-refractivity contribution in [3.05, 3.63) is 0 Å². The number of nitriles is 1. The molecule has 0 aromatic carbocycles. The van der Waals surface area contributed by atoms with Crippen molar-refractivity contribution < 1.29 is 29.6 Å². The Morgan fingerprint density at radius 2 is 1.75 bits per heavy atom. The Labute approximate surface area is 98.8 Å². The van der Waals surface area contributed by atoms with Gasteiger partial charge in [0.15, 0.2) is 0 Å². The zero-order valence-electron chi connectivity index (χ0n) is 7.56. The van der Waals surface area contributed by atoms with Gasteiger partial charge in [-0.05, 0) is 19.9 Å². The van der Waals surface area contributed by atoms with Crippen molar-refractivity contribution in [1.82, 2.24) is 5.32 Å². The molecule has 0 saturated heterocycles. The van der Waals surface area contributed by atoms with Gasteiger partial charge in [-0.2, -0.15) is 5.97 Å². The van der Waals surface area contributed by atoms with Gasteiger partial charge in [-0.3, -0.25) is 5.26 Å². The van der Waals surface area contributed by atoms with Crippen LogP contribution in [0.25, 0.3) is 0 Å². The first-order chi connectivity index (χ1) is 5.35. The zero-order valence-corrected chi connectivity index (χ0v) is 9.56. The third-order valence-corrected chi connectivity index (χ3v) is 2.01. The van der Waals surface area contributed by atoms with Gasteiger partial charge in [-0.1, -0.05) is 19.3 Å². The van der Waals surface area contributed by atoms with E-state index in [2.05, 4.69) is 12.4 Å². The van der Waals surface area contributed by atoms with E-state index < -0.39 is 0 Å². The summed E-state index contributed by atoms with van der Waals surface area (Å²) in [5.41, 5.74) is 0. The maximum absolute atomic E-state index is 7.43. The smallest absolute Gasteiger partial charge is 0.317 e. The molecule has 0 unspecified atom stereocenters. The second-order valence-electron chi connectivity index (χ2n) is 2.62. The molecule has 2 nitrogen and oxygen atoms in total. The normalized spacial score (nSPS) is 16.4. The predicted molar refractivity (Wildman–Crippen MR) is 51.5 cm³/mol. The molecule has 1 N–H and O–H groups in total. The number of hydrogen-bond acceptors (Lipinski definition) is 2. The van der Waals surface area contributed by atoms with Crippen LogP contribution in [-0.2, 0) is 0 Å². The summed E-state index contributed by atoms with van der Waals surface area (Å²) in [6.45, 7) is 0. The van der Waals surface area contributed by atoms with Crippen molar-refractivity contribution in [2.75, 3.05) is 7.05 Å². The van der Waals surface area contributed by atoms with Crippen LogP contribution < -0.4 is 34.9 Å². The fourth-order valence-corrected chi connectivity index (χ4v) is 1.39. The Hall–Kier alpha value is 0.515. The SMILES string of the molecule is CNC1CCCCC1.[BH3-]C#N.[Na+]. The van der Waals surface area contributed by atoms with E-state index in [0.29, 0.717) is 0 Å². The van der Waals surface area contributed by atoms with Crippen LogP contribution in [0, 0.1) is 11.2 Å². The van der Waals surface area contributed by atoms with Crippen LogP contribution in [0.4, 0.5) is 0 Å². The number of hydrogen-bond donors (Lipinski definition) is 1. The Bertz CT molecular complexity index is 119. The molecule has 12 heavy (non-hydrogen) atoms. The van der Waals surface area contributed by atoms with Crippen molar-refractivity contribution in [3.63, 3.8) is 0 Å². The third kappa shape index (κ3) is 8.61. The zero-order chi connectivity index (χ0) is 8.53. The Kier molecular flexibility index (Phi) is 14.4. The van der Waals surface area contributed by atoms with E-state index in [-0.39, 0.29) is 37.4 Å². The van der Waals surface area contributed by atoms with Gasteiger partial charge < -0.3 is 5.32 Å². The van der Waals surface area contributed by atoms with Crippen LogP contribution >= 0.6 is 0 Å². The summed E-state index contributed by atoms with van der Waals surface area (Å²) in [7, 11) is 2.13. The van der Waals surface area contributed by atoms with Crippen LogP contribution in [0.5, 0.6) is 0 Å². The molecular weight excluding hydrogens is 158 g/mol. The molecule has 1 fully saturated rings. The van der Waals surface area contributed by atoms with E-state index in [1.807, 2.05) is 5.97 Å². The van der Waals surface area contributed by atoms with Gasteiger partial charge in [0.25, 0.3) is 0 Å². The number of rotatable bonds is 1. The van der Waals surface area contributed by atoms with Gasteiger partial charge in [0, 0.05) is 6.04 Å². The van der Waals surface area contributed by atoms with E-state index in [4.69, 9.17) is 5.26 Å². The number of nitrogens with one attached hydrogen (secondary N) is 1. The first-order valence-electron chi connectivity index (χ1n) is 3.83. The predicted octanol–water partition coefficient (Wildman–Crippen LogP) is -2.62. The Balaban J connectivity index is 0. The summed E-state index contributed by atoms with van der Waals surface area (Å²) in [6, 6.07) is 0.837. The average Bonchev–Trinajstić information content (AvgIpc) is 2.08. The molecule has 64 valence electrons. The quantitative estimate of drug-likeness (QED) is 0.444. The van der Waals surface area contributed by atoms with Crippen LogP contribution in [-0.4, -0.2) is 20.9 Å². The van der Waals surface area contributed by atoms with Gasteiger partial charge in [0.2, 0.25) is 0 Å². The van der Waals surface area contributed by atoms with E-state index >= 15 is 0 Å². The molecule has 1 saturated carbocycles. The molecule has 0 spiro atoms. The van der Waals surface area contributed by atoms with Gasteiger partial charge >= 0.3 is 29.6 Å². The van der Waals surface area contributed by atoms with Crippen molar-refractivity contribution >= 4 is 7.85 Å². The molecule has 4 heteroatoms. The third-order valence-electron chi connectivity index (χ3n) is 2.01. The van der Waals surface area contributed by atoms with Gasteiger partial charge in [0.1, 0.15) is 0 Å². The molecule has 0 radical (unpaired) electrons. The fraction of sp³-hybridized carbons (Fsp3) is 0.875. The van der Waals surface area contributed by atoms with E-state index in [1.54, 1.807) is 0 Å². The molecule has 0 amide bonds. The molecule has 0 aromatic heterocycles. The van der Waals surface area contributed by atoms with Crippen molar-refractivity contribution in [2.45, 2.75) is 38.1 Å². The van der Waals surface area contributed by atoms with Crippen molar-refractivity contribution in [3.8, 4) is 5.97 Å². The second kappa shape index (κ2) is 11.5. The van der Waals surface area contributed by atoms with Gasteiger partial charge in [-0.15, -0.1) is 0 Å². The molecular formula is C8H18BN2Na. The molecule has 0 heterocycles. The van der Waals surface area contributed by atoms with E-state index in [9.17, 15) is 0 Å².